The second kappa shape index (κ2) is 6.86. The summed E-state index contributed by atoms with van der Waals surface area (Å²) < 4.78 is 1.72. The van der Waals surface area contributed by atoms with Gasteiger partial charge in [-0.15, -0.1) is 5.10 Å². The lowest BCUT2D eigenvalue weighted by atomic mass is 9.86. The molecule has 0 radical (unpaired) electrons. The number of aromatic nitrogens is 4. The summed E-state index contributed by atoms with van der Waals surface area (Å²) in [6.07, 6.45) is 4.78. The molecule has 3 rings (SSSR count). The predicted molar refractivity (Wildman–Crippen MR) is 90.5 cm³/mol. The van der Waals surface area contributed by atoms with Crippen LogP contribution in [0.4, 0.5) is 0 Å². The Kier molecular flexibility index (Phi) is 4.84. The fourth-order valence-electron chi connectivity index (χ4n) is 3.12. The summed E-state index contributed by atoms with van der Waals surface area (Å²) in [6, 6.07) is 2.28. The van der Waals surface area contributed by atoms with E-state index >= 15 is 0 Å². The minimum atomic E-state index is 0.0634. The van der Waals surface area contributed by atoms with Gasteiger partial charge in [-0.3, -0.25) is 4.79 Å². The Morgan fingerprint density at radius 3 is 2.91 bits per heavy atom. The molecule has 1 aliphatic carbocycles. The highest BCUT2D eigenvalue weighted by Gasteiger charge is 2.22. The molecule has 1 saturated carbocycles. The Hall–Kier alpha value is -1.63. The number of fused-ring (bicyclic) bond motifs is 1. The normalized spacial score (nSPS) is 21.5. The van der Waals surface area contributed by atoms with Gasteiger partial charge in [0.05, 0.1) is 5.75 Å². The summed E-state index contributed by atoms with van der Waals surface area (Å²) in [5.41, 5.74) is 1.91. The van der Waals surface area contributed by atoms with Crippen molar-refractivity contribution in [3.8, 4) is 0 Å². The molecule has 0 saturated heterocycles. The number of amides is 1. The lowest BCUT2D eigenvalue weighted by Crippen LogP contribution is -2.41. The molecule has 2 heterocycles. The second-order valence-corrected chi connectivity index (χ2v) is 7.31. The van der Waals surface area contributed by atoms with E-state index in [0.29, 0.717) is 28.6 Å². The SMILES string of the molecule is Cc1cc(C)n2nc(SCC(=O)N[C@H]3CCCC[C@H]3C)nc2n1. The van der Waals surface area contributed by atoms with Gasteiger partial charge in [0.25, 0.3) is 5.78 Å². The van der Waals surface area contributed by atoms with Crippen LogP contribution in [-0.2, 0) is 4.79 Å². The van der Waals surface area contributed by atoms with Crippen molar-refractivity contribution in [3.63, 3.8) is 0 Å². The van der Waals surface area contributed by atoms with Gasteiger partial charge in [-0.2, -0.15) is 4.98 Å². The maximum Gasteiger partial charge on any atom is 0.253 e. The summed E-state index contributed by atoms with van der Waals surface area (Å²) in [4.78, 5) is 20.9. The average Bonchev–Trinajstić information content (AvgIpc) is 2.91. The summed E-state index contributed by atoms with van der Waals surface area (Å²) in [5.74, 6) is 1.57. The maximum absolute atomic E-state index is 12.2. The van der Waals surface area contributed by atoms with Crippen molar-refractivity contribution in [2.24, 2.45) is 5.92 Å². The van der Waals surface area contributed by atoms with Gasteiger partial charge in [0, 0.05) is 17.4 Å². The van der Waals surface area contributed by atoms with Crippen LogP contribution in [0.2, 0.25) is 0 Å². The number of carbonyl (C=O) groups excluding carboxylic acids is 1. The van der Waals surface area contributed by atoms with Gasteiger partial charge in [0.15, 0.2) is 0 Å². The number of nitrogens with zero attached hydrogens (tertiary/aromatic N) is 4. The van der Waals surface area contributed by atoms with Gasteiger partial charge in [0.2, 0.25) is 11.1 Å². The van der Waals surface area contributed by atoms with Gasteiger partial charge in [0.1, 0.15) is 0 Å². The van der Waals surface area contributed by atoms with Crippen LogP contribution < -0.4 is 5.32 Å². The Balaban J connectivity index is 1.59. The zero-order chi connectivity index (χ0) is 16.4. The van der Waals surface area contributed by atoms with Crippen LogP contribution in [0.15, 0.2) is 11.2 Å². The first-order valence-electron chi connectivity index (χ1n) is 8.16. The molecule has 7 heteroatoms. The number of hydrogen-bond acceptors (Lipinski definition) is 5. The topological polar surface area (TPSA) is 72.2 Å². The number of rotatable bonds is 4. The van der Waals surface area contributed by atoms with Crippen LogP contribution in [0, 0.1) is 19.8 Å². The highest BCUT2D eigenvalue weighted by atomic mass is 32.2. The van der Waals surface area contributed by atoms with Crippen LogP contribution >= 0.6 is 11.8 Å². The Morgan fingerprint density at radius 1 is 1.35 bits per heavy atom. The molecule has 1 N–H and O–H groups in total. The zero-order valence-electron chi connectivity index (χ0n) is 13.9. The first kappa shape index (κ1) is 16.2. The van der Waals surface area contributed by atoms with Gasteiger partial charge in [-0.1, -0.05) is 31.5 Å². The second-order valence-electron chi connectivity index (χ2n) is 6.37. The fraction of sp³-hybridized carbons (Fsp3) is 0.625. The summed E-state index contributed by atoms with van der Waals surface area (Å²) in [7, 11) is 0. The standard InChI is InChI=1S/C16H23N5OS/c1-10-6-4-5-7-13(10)18-14(22)9-23-16-19-15-17-11(2)8-12(3)21(15)20-16/h8,10,13H,4-7,9H2,1-3H3,(H,18,22)/t10-,13+/m1/s1. The smallest absolute Gasteiger partial charge is 0.253 e. The van der Waals surface area contributed by atoms with Crippen molar-refractivity contribution >= 4 is 23.4 Å². The highest BCUT2D eigenvalue weighted by molar-refractivity contribution is 7.99. The van der Waals surface area contributed by atoms with E-state index in [-0.39, 0.29) is 5.91 Å². The van der Waals surface area contributed by atoms with E-state index in [1.165, 1.54) is 31.0 Å². The van der Waals surface area contributed by atoms with Crippen LogP contribution in [0.1, 0.15) is 44.0 Å². The number of thioether (sulfide) groups is 1. The molecule has 2 aromatic heterocycles. The highest BCUT2D eigenvalue weighted by Crippen LogP contribution is 2.24. The molecular formula is C16H23N5OS. The van der Waals surface area contributed by atoms with Crippen molar-refractivity contribution in [2.45, 2.75) is 57.7 Å². The predicted octanol–water partition coefficient (Wildman–Crippen LogP) is 2.53. The number of carbonyl (C=O) groups is 1. The molecule has 124 valence electrons. The first-order chi connectivity index (χ1) is 11.0. The summed E-state index contributed by atoms with van der Waals surface area (Å²) in [6.45, 7) is 6.13. The molecule has 1 amide bonds. The van der Waals surface area contributed by atoms with Crippen LogP contribution in [0.3, 0.4) is 0 Å². The van der Waals surface area contributed by atoms with Crippen molar-refractivity contribution in [1.82, 2.24) is 24.9 Å². The first-order valence-corrected chi connectivity index (χ1v) is 9.14. The van der Waals surface area contributed by atoms with Crippen LogP contribution in [0.5, 0.6) is 0 Å². The number of nitrogens with one attached hydrogen (secondary N) is 1. The van der Waals surface area contributed by atoms with E-state index in [0.717, 1.165) is 17.8 Å². The lowest BCUT2D eigenvalue weighted by Gasteiger charge is -2.29. The molecule has 0 unspecified atom stereocenters. The third kappa shape index (κ3) is 3.83. The van der Waals surface area contributed by atoms with Crippen molar-refractivity contribution in [1.29, 1.82) is 0 Å². The molecule has 0 bridgehead atoms. The fourth-order valence-corrected chi connectivity index (χ4v) is 3.75. The third-order valence-corrected chi connectivity index (χ3v) is 5.23. The van der Waals surface area contributed by atoms with E-state index in [1.807, 2.05) is 19.9 Å². The Bertz CT molecular complexity index is 714. The molecule has 1 aliphatic rings. The van der Waals surface area contributed by atoms with Crippen molar-refractivity contribution < 1.29 is 4.79 Å². The molecule has 2 aromatic rings. The van der Waals surface area contributed by atoms with Crippen LogP contribution in [-0.4, -0.2) is 37.3 Å². The van der Waals surface area contributed by atoms with Gasteiger partial charge < -0.3 is 5.32 Å². The van der Waals surface area contributed by atoms with E-state index in [1.54, 1.807) is 4.52 Å². The van der Waals surface area contributed by atoms with E-state index in [4.69, 9.17) is 0 Å². The monoisotopic (exact) mass is 333 g/mol. The molecular weight excluding hydrogens is 310 g/mol. The molecule has 23 heavy (non-hydrogen) atoms. The molecule has 1 fully saturated rings. The van der Waals surface area contributed by atoms with Crippen molar-refractivity contribution in [2.75, 3.05) is 5.75 Å². The molecule has 0 spiro atoms. The summed E-state index contributed by atoms with van der Waals surface area (Å²) >= 11 is 1.36. The molecule has 2 atom stereocenters. The minimum absolute atomic E-state index is 0.0634. The van der Waals surface area contributed by atoms with E-state index < -0.39 is 0 Å². The average molecular weight is 333 g/mol. The van der Waals surface area contributed by atoms with Crippen molar-refractivity contribution in [3.05, 3.63) is 17.5 Å². The third-order valence-electron chi connectivity index (χ3n) is 4.39. The molecule has 0 aromatic carbocycles. The van der Waals surface area contributed by atoms with Gasteiger partial charge >= 0.3 is 0 Å². The quantitative estimate of drug-likeness (QED) is 0.871. The van der Waals surface area contributed by atoms with E-state index in [2.05, 4.69) is 27.3 Å². The van der Waals surface area contributed by atoms with Gasteiger partial charge in [-0.05, 0) is 38.7 Å². The minimum Gasteiger partial charge on any atom is -0.352 e. The number of hydrogen-bond donors (Lipinski definition) is 1. The van der Waals surface area contributed by atoms with Gasteiger partial charge in [-0.25, -0.2) is 9.50 Å². The van der Waals surface area contributed by atoms with E-state index in [9.17, 15) is 4.79 Å². The lowest BCUT2D eigenvalue weighted by molar-refractivity contribution is -0.119. The summed E-state index contributed by atoms with van der Waals surface area (Å²) in [5, 5.41) is 8.16. The molecule has 6 nitrogen and oxygen atoms in total. The van der Waals surface area contributed by atoms with Crippen LogP contribution in [0.25, 0.3) is 5.78 Å². The zero-order valence-corrected chi connectivity index (χ0v) is 14.7. The largest absolute Gasteiger partial charge is 0.352 e. The Labute approximate surface area is 140 Å². The number of aryl methyl sites for hydroxylation is 2. The Morgan fingerprint density at radius 2 is 2.13 bits per heavy atom. The molecule has 0 aliphatic heterocycles. The maximum atomic E-state index is 12.2.